The van der Waals surface area contributed by atoms with Gasteiger partial charge in [0, 0.05) is 17.4 Å². The first-order valence-electron chi connectivity index (χ1n) is 6.64. The fourth-order valence-electron chi connectivity index (χ4n) is 1.95. The average Bonchev–Trinajstić information content (AvgIpc) is 2.97. The van der Waals surface area contributed by atoms with E-state index in [1.54, 1.807) is 12.3 Å². The van der Waals surface area contributed by atoms with Crippen LogP contribution in [-0.4, -0.2) is 21.4 Å². The summed E-state index contributed by atoms with van der Waals surface area (Å²) in [5, 5.41) is 5.15. The van der Waals surface area contributed by atoms with Gasteiger partial charge in [0.1, 0.15) is 18.1 Å². The van der Waals surface area contributed by atoms with Crippen molar-refractivity contribution in [2.24, 2.45) is 0 Å². The fourth-order valence-corrected chi connectivity index (χ4v) is 2.13. The van der Waals surface area contributed by atoms with Crippen molar-refractivity contribution >= 4 is 11.6 Å². The maximum absolute atomic E-state index is 5.91. The van der Waals surface area contributed by atoms with Crippen LogP contribution in [-0.2, 0) is 6.54 Å². The number of aromatic nitrogens is 3. The highest BCUT2D eigenvalue weighted by Crippen LogP contribution is 2.17. The summed E-state index contributed by atoms with van der Waals surface area (Å²) in [6.07, 6.45) is 3.68. The van der Waals surface area contributed by atoms with Gasteiger partial charge in [-0.05, 0) is 36.4 Å². The maximum atomic E-state index is 5.91. The Bertz CT molecular complexity index is 712. The second-order valence-corrected chi connectivity index (χ2v) is 4.92. The topological polar surface area (TPSA) is 39.9 Å². The molecule has 1 aromatic carbocycles. The summed E-state index contributed by atoms with van der Waals surface area (Å²) in [4.78, 5) is 4.28. The lowest BCUT2D eigenvalue weighted by atomic mass is 10.3. The molecule has 0 N–H and O–H groups in total. The largest absolute Gasteiger partial charge is 0.492 e. The number of hydrogen-bond donors (Lipinski definition) is 0. The molecule has 0 aliphatic heterocycles. The molecule has 21 heavy (non-hydrogen) atoms. The number of benzene rings is 1. The third-order valence-corrected chi connectivity index (χ3v) is 3.19. The second kappa shape index (κ2) is 6.41. The Morgan fingerprint density at radius 1 is 1.05 bits per heavy atom. The van der Waals surface area contributed by atoms with Crippen LogP contribution >= 0.6 is 11.6 Å². The predicted octanol–water partition coefficient (Wildman–Crippen LogP) is 3.68. The standard InChI is InChI=1S/C16H14ClN3O/c17-13-4-3-5-14(12-13)21-11-10-20-9-7-16(19-20)15-6-1-2-8-18-15/h1-9,12H,10-11H2. The van der Waals surface area contributed by atoms with E-state index < -0.39 is 0 Å². The Labute approximate surface area is 128 Å². The first-order chi connectivity index (χ1) is 10.3. The maximum Gasteiger partial charge on any atom is 0.120 e. The minimum atomic E-state index is 0.531. The van der Waals surface area contributed by atoms with Gasteiger partial charge in [-0.2, -0.15) is 5.10 Å². The summed E-state index contributed by atoms with van der Waals surface area (Å²) in [6, 6.07) is 15.1. The quantitative estimate of drug-likeness (QED) is 0.721. The highest BCUT2D eigenvalue weighted by molar-refractivity contribution is 6.30. The van der Waals surface area contributed by atoms with E-state index in [0.717, 1.165) is 17.1 Å². The van der Waals surface area contributed by atoms with E-state index in [4.69, 9.17) is 16.3 Å². The molecule has 0 aliphatic rings. The van der Waals surface area contributed by atoms with E-state index in [0.29, 0.717) is 18.2 Å². The van der Waals surface area contributed by atoms with Crippen LogP contribution in [0.15, 0.2) is 60.9 Å². The highest BCUT2D eigenvalue weighted by Gasteiger charge is 2.03. The minimum absolute atomic E-state index is 0.531. The van der Waals surface area contributed by atoms with Crippen molar-refractivity contribution < 1.29 is 4.74 Å². The predicted molar refractivity (Wildman–Crippen MR) is 82.4 cm³/mol. The molecule has 0 fully saturated rings. The molecule has 0 bridgehead atoms. The Morgan fingerprint density at radius 3 is 2.81 bits per heavy atom. The van der Waals surface area contributed by atoms with E-state index in [2.05, 4.69) is 10.1 Å². The molecule has 0 aliphatic carbocycles. The summed E-state index contributed by atoms with van der Waals surface area (Å²) in [6.45, 7) is 1.20. The summed E-state index contributed by atoms with van der Waals surface area (Å²) in [5.74, 6) is 0.764. The Balaban J connectivity index is 1.58. The van der Waals surface area contributed by atoms with Gasteiger partial charge >= 0.3 is 0 Å². The summed E-state index contributed by atoms with van der Waals surface area (Å²) in [7, 11) is 0. The highest BCUT2D eigenvalue weighted by atomic mass is 35.5. The molecule has 0 amide bonds. The van der Waals surface area contributed by atoms with Crippen molar-refractivity contribution in [3.05, 3.63) is 65.9 Å². The number of ether oxygens (including phenoxy) is 1. The number of pyridine rings is 1. The molecule has 0 radical (unpaired) electrons. The Kier molecular flexibility index (Phi) is 4.17. The zero-order valence-electron chi connectivity index (χ0n) is 11.3. The first kappa shape index (κ1) is 13.6. The first-order valence-corrected chi connectivity index (χ1v) is 7.02. The number of hydrogen-bond acceptors (Lipinski definition) is 3. The molecule has 2 heterocycles. The SMILES string of the molecule is Clc1cccc(OCCn2ccc(-c3ccccn3)n2)c1. The molecule has 0 saturated carbocycles. The van der Waals surface area contributed by atoms with Crippen LogP contribution in [0.5, 0.6) is 5.75 Å². The van der Waals surface area contributed by atoms with E-state index in [9.17, 15) is 0 Å². The summed E-state index contributed by atoms with van der Waals surface area (Å²) < 4.78 is 7.49. The molecule has 0 saturated heterocycles. The molecule has 3 aromatic rings. The molecule has 5 heteroatoms. The summed E-state index contributed by atoms with van der Waals surface area (Å²) >= 11 is 5.91. The van der Waals surface area contributed by atoms with Gasteiger partial charge < -0.3 is 4.74 Å². The van der Waals surface area contributed by atoms with Crippen LogP contribution < -0.4 is 4.74 Å². The van der Waals surface area contributed by atoms with Gasteiger partial charge in [-0.15, -0.1) is 0 Å². The molecule has 0 unspecified atom stereocenters. The molecule has 2 aromatic heterocycles. The molecule has 0 spiro atoms. The van der Waals surface area contributed by atoms with E-state index in [1.807, 2.05) is 53.3 Å². The molecule has 106 valence electrons. The molecule has 3 rings (SSSR count). The van der Waals surface area contributed by atoms with Crippen LogP contribution in [0.25, 0.3) is 11.4 Å². The van der Waals surface area contributed by atoms with Gasteiger partial charge in [-0.1, -0.05) is 23.7 Å². The fraction of sp³-hybridized carbons (Fsp3) is 0.125. The van der Waals surface area contributed by atoms with Crippen LogP contribution in [0.1, 0.15) is 0 Å². The van der Waals surface area contributed by atoms with E-state index >= 15 is 0 Å². The van der Waals surface area contributed by atoms with Gasteiger partial charge in [0.25, 0.3) is 0 Å². The van der Waals surface area contributed by atoms with Crippen molar-refractivity contribution in [1.29, 1.82) is 0 Å². The van der Waals surface area contributed by atoms with Crippen LogP contribution in [0.3, 0.4) is 0 Å². The van der Waals surface area contributed by atoms with Crippen LogP contribution in [0, 0.1) is 0 Å². The van der Waals surface area contributed by atoms with Crippen molar-refractivity contribution in [3.8, 4) is 17.1 Å². The Hall–Kier alpha value is -2.33. The lowest BCUT2D eigenvalue weighted by molar-refractivity contribution is 0.291. The van der Waals surface area contributed by atoms with Crippen molar-refractivity contribution in [2.75, 3.05) is 6.61 Å². The lowest BCUT2D eigenvalue weighted by Crippen LogP contribution is -2.08. The number of nitrogens with zero attached hydrogens (tertiary/aromatic N) is 3. The van der Waals surface area contributed by atoms with Crippen LogP contribution in [0.2, 0.25) is 5.02 Å². The van der Waals surface area contributed by atoms with Gasteiger partial charge in [0.2, 0.25) is 0 Å². The van der Waals surface area contributed by atoms with Gasteiger partial charge in [-0.25, -0.2) is 0 Å². The third-order valence-electron chi connectivity index (χ3n) is 2.95. The zero-order valence-corrected chi connectivity index (χ0v) is 12.1. The smallest absolute Gasteiger partial charge is 0.120 e. The van der Waals surface area contributed by atoms with Crippen LogP contribution in [0.4, 0.5) is 0 Å². The van der Waals surface area contributed by atoms with E-state index in [1.165, 1.54) is 0 Å². The van der Waals surface area contributed by atoms with Gasteiger partial charge in [-0.3, -0.25) is 9.67 Å². The number of halogens is 1. The van der Waals surface area contributed by atoms with E-state index in [-0.39, 0.29) is 0 Å². The molecule has 0 atom stereocenters. The van der Waals surface area contributed by atoms with Crippen molar-refractivity contribution in [1.82, 2.24) is 14.8 Å². The Morgan fingerprint density at radius 2 is 2.00 bits per heavy atom. The number of rotatable bonds is 5. The monoisotopic (exact) mass is 299 g/mol. The summed E-state index contributed by atoms with van der Waals surface area (Å²) in [5.41, 5.74) is 1.73. The lowest BCUT2D eigenvalue weighted by Gasteiger charge is -2.06. The van der Waals surface area contributed by atoms with Crippen molar-refractivity contribution in [3.63, 3.8) is 0 Å². The molecule has 4 nitrogen and oxygen atoms in total. The minimum Gasteiger partial charge on any atom is -0.492 e. The van der Waals surface area contributed by atoms with Gasteiger partial charge in [0.15, 0.2) is 0 Å². The third kappa shape index (κ3) is 3.61. The van der Waals surface area contributed by atoms with Gasteiger partial charge in [0.05, 0.1) is 12.2 Å². The van der Waals surface area contributed by atoms with Crippen molar-refractivity contribution in [2.45, 2.75) is 6.54 Å². The normalized spacial score (nSPS) is 10.5. The second-order valence-electron chi connectivity index (χ2n) is 4.48. The average molecular weight is 300 g/mol. The molecular weight excluding hydrogens is 286 g/mol. The zero-order chi connectivity index (χ0) is 14.5. The molecular formula is C16H14ClN3O.